The smallest absolute Gasteiger partial charge is 0.311 e. The van der Waals surface area contributed by atoms with Gasteiger partial charge in [0.05, 0.1) is 23.9 Å². The number of fused-ring (bicyclic) bond motifs is 3. The highest BCUT2D eigenvalue weighted by Gasteiger charge is 2.48. The molecule has 3 aromatic rings. The molecule has 3 heterocycles. The zero-order valence-corrected chi connectivity index (χ0v) is 13.6. The van der Waals surface area contributed by atoms with E-state index < -0.39 is 23.2 Å². The fourth-order valence-electron chi connectivity index (χ4n) is 3.98. The Balaban J connectivity index is 1.75. The van der Waals surface area contributed by atoms with Gasteiger partial charge in [-0.3, -0.25) is 9.48 Å². The highest BCUT2D eigenvalue weighted by Crippen LogP contribution is 2.50. The molecule has 2 unspecified atom stereocenters. The van der Waals surface area contributed by atoms with E-state index in [9.17, 15) is 14.3 Å². The SMILES string of the molecule is CC1(c2cnn(C3CC3)c2)CC(C(=O)O)c2cnc3cc(F)nn3c21. The van der Waals surface area contributed by atoms with E-state index >= 15 is 0 Å². The molecule has 0 amide bonds. The number of carboxylic acid groups (broad SMARTS) is 1. The van der Waals surface area contributed by atoms with E-state index in [0.717, 1.165) is 18.4 Å². The van der Waals surface area contributed by atoms with Crippen LogP contribution in [0.5, 0.6) is 0 Å². The maximum Gasteiger partial charge on any atom is 0.311 e. The molecule has 5 rings (SSSR count). The van der Waals surface area contributed by atoms with Crippen LogP contribution in [0.15, 0.2) is 24.7 Å². The second-order valence-electron chi connectivity index (χ2n) is 7.17. The van der Waals surface area contributed by atoms with Gasteiger partial charge in [-0.05, 0) is 26.2 Å². The highest BCUT2D eigenvalue weighted by molar-refractivity contribution is 5.79. The summed E-state index contributed by atoms with van der Waals surface area (Å²) in [7, 11) is 0. The topological polar surface area (TPSA) is 85.3 Å². The molecule has 0 spiro atoms. The molecular formula is C17H16FN5O2. The lowest BCUT2D eigenvalue weighted by molar-refractivity contribution is -0.138. The van der Waals surface area contributed by atoms with Crippen molar-refractivity contribution in [2.24, 2.45) is 0 Å². The summed E-state index contributed by atoms with van der Waals surface area (Å²) in [4.78, 5) is 16.0. The lowest BCUT2D eigenvalue weighted by Crippen LogP contribution is -2.24. The molecule has 0 aliphatic heterocycles. The number of rotatable bonds is 3. The minimum atomic E-state index is -0.909. The quantitative estimate of drug-likeness (QED) is 0.790. The molecule has 2 aliphatic rings. The van der Waals surface area contributed by atoms with Gasteiger partial charge in [0, 0.05) is 35.0 Å². The van der Waals surface area contributed by atoms with Crippen LogP contribution in [-0.2, 0) is 10.2 Å². The third kappa shape index (κ3) is 1.96. The summed E-state index contributed by atoms with van der Waals surface area (Å²) in [6, 6.07) is 1.69. The summed E-state index contributed by atoms with van der Waals surface area (Å²) in [6.07, 6.45) is 7.92. The van der Waals surface area contributed by atoms with Crippen molar-refractivity contribution in [2.45, 2.75) is 43.6 Å². The van der Waals surface area contributed by atoms with Crippen molar-refractivity contribution >= 4 is 11.6 Å². The van der Waals surface area contributed by atoms with Gasteiger partial charge in [-0.15, -0.1) is 5.10 Å². The zero-order chi connectivity index (χ0) is 17.3. The van der Waals surface area contributed by atoms with Gasteiger partial charge < -0.3 is 5.11 Å². The van der Waals surface area contributed by atoms with Gasteiger partial charge in [-0.2, -0.15) is 9.49 Å². The Kier molecular flexibility index (Phi) is 2.71. The van der Waals surface area contributed by atoms with Crippen LogP contribution in [0.3, 0.4) is 0 Å². The van der Waals surface area contributed by atoms with Gasteiger partial charge in [-0.25, -0.2) is 9.50 Å². The molecule has 2 atom stereocenters. The summed E-state index contributed by atoms with van der Waals surface area (Å²) in [5, 5.41) is 18.0. The molecule has 8 heteroatoms. The van der Waals surface area contributed by atoms with Crippen LogP contribution in [0.4, 0.5) is 4.39 Å². The first-order valence-electron chi connectivity index (χ1n) is 8.29. The van der Waals surface area contributed by atoms with Crippen LogP contribution < -0.4 is 0 Å². The van der Waals surface area contributed by atoms with Crippen molar-refractivity contribution in [3.63, 3.8) is 0 Å². The first-order chi connectivity index (χ1) is 12.0. The summed E-state index contributed by atoms with van der Waals surface area (Å²) < 4.78 is 17.1. The first-order valence-corrected chi connectivity index (χ1v) is 8.29. The van der Waals surface area contributed by atoms with Crippen molar-refractivity contribution in [3.05, 3.63) is 47.4 Å². The normalized spacial score (nSPS) is 25.4. The van der Waals surface area contributed by atoms with E-state index in [1.165, 1.54) is 10.6 Å². The number of hydrogen-bond donors (Lipinski definition) is 1. The van der Waals surface area contributed by atoms with Crippen LogP contribution in [-0.4, -0.2) is 35.5 Å². The van der Waals surface area contributed by atoms with E-state index in [4.69, 9.17) is 0 Å². The lowest BCUT2D eigenvalue weighted by Gasteiger charge is -2.24. The predicted molar refractivity (Wildman–Crippen MR) is 84.9 cm³/mol. The van der Waals surface area contributed by atoms with Gasteiger partial charge in [0.15, 0.2) is 5.65 Å². The molecule has 2 aliphatic carbocycles. The number of hydrogen-bond acceptors (Lipinski definition) is 4. The fraction of sp³-hybridized carbons (Fsp3) is 0.412. The average Bonchev–Trinajstić information content (AvgIpc) is 3.03. The molecule has 7 nitrogen and oxygen atoms in total. The third-order valence-electron chi connectivity index (χ3n) is 5.45. The average molecular weight is 341 g/mol. The van der Waals surface area contributed by atoms with Crippen molar-refractivity contribution in [1.29, 1.82) is 0 Å². The highest BCUT2D eigenvalue weighted by atomic mass is 19.1. The zero-order valence-electron chi connectivity index (χ0n) is 13.6. The van der Waals surface area contributed by atoms with E-state index in [-0.39, 0.29) is 0 Å². The van der Waals surface area contributed by atoms with Gasteiger partial charge in [0.2, 0.25) is 5.95 Å². The Morgan fingerprint density at radius 3 is 2.92 bits per heavy atom. The molecule has 1 fully saturated rings. The molecule has 3 aromatic heterocycles. The fourth-order valence-corrected chi connectivity index (χ4v) is 3.98. The largest absolute Gasteiger partial charge is 0.481 e. The van der Waals surface area contributed by atoms with Gasteiger partial charge >= 0.3 is 5.97 Å². The van der Waals surface area contributed by atoms with E-state index in [2.05, 4.69) is 15.2 Å². The Morgan fingerprint density at radius 1 is 1.40 bits per heavy atom. The van der Waals surface area contributed by atoms with Crippen LogP contribution in [0.2, 0.25) is 0 Å². The Labute approximate surface area is 142 Å². The number of carbonyl (C=O) groups is 1. The van der Waals surface area contributed by atoms with Crippen LogP contribution >= 0.6 is 0 Å². The van der Waals surface area contributed by atoms with Gasteiger partial charge in [0.1, 0.15) is 0 Å². The maximum absolute atomic E-state index is 13.7. The number of aromatic nitrogens is 5. The number of nitrogens with zero attached hydrogens (tertiary/aromatic N) is 5. The summed E-state index contributed by atoms with van der Waals surface area (Å²) in [6.45, 7) is 1.97. The van der Waals surface area contributed by atoms with Crippen molar-refractivity contribution < 1.29 is 14.3 Å². The Hall–Kier alpha value is -2.77. The molecule has 0 bridgehead atoms. The van der Waals surface area contributed by atoms with Crippen LogP contribution in [0, 0.1) is 5.95 Å². The third-order valence-corrected chi connectivity index (χ3v) is 5.45. The monoisotopic (exact) mass is 341 g/mol. The molecule has 0 saturated heterocycles. The number of halogens is 1. The predicted octanol–water partition coefficient (Wildman–Crippen LogP) is 2.28. The van der Waals surface area contributed by atoms with E-state index in [1.807, 2.05) is 17.8 Å². The summed E-state index contributed by atoms with van der Waals surface area (Å²) in [5.74, 6) is -2.24. The van der Waals surface area contributed by atoms with E-state index in [1.54, 1.807) is 12.4 Å². The Bertz CT molecular complexity index is 1020. The van der Waals surface area contributed by atoms with E-state index in [0.29, 0.717) is 29.4 Å². The van der Waals surface area contributed by atoms with Crippen LogP contribution in [0.1, 0.15) is 55.0 Å². The lowest BCUT2D eigenvalue weighted by atomic mass is 9.80. The second-order valence-corrected chi connectivity index (χ2v) is 7.17. The molecule has 0 aromatic carbocycles. The van der Waals surface area contributed by atoms with Crippen molar-refractivity contribution in [3.8, 4) is 0 Å². The van der Waals surface area contributed by atoms with Crippen molar-refractivity contribution in [2.75, 3.05) is 0 Å². The number of carboxylic acids is 1. The van der Waals surface area contributed by atoms with Crippen LogP contribution in [0.25, 0.3) is 5.65 Å². The summed E-state index contributed by atoms with van der Waals surface area (Å²) >= 11 is 0. The maximum atomic E-state index is 13.7. The Morgan fingerprint density at radius 2 is 2.20 bits per heavy atom. The minimum Gasteiger partial charge on any atom is -0.481 e. The van der Waals surface area contributed by atoms with Gasteiger partial charge in [0.25, 0.3) is 0 Å². The summed E-state index contributed by atoms with van der Waals surface area (Å²) in [5.41, 5.74) is 1.95. The standard InChI is InChI=1S/C17H16FN5O2/c1-17(9-6-20-22(8-9)10-2-3-10)5-11(16(24)25)12-7-19-14-4-13(18)21-23(14)15(12)17/h4,6-8,10-11H,2-3,5H2,1H3,(H,24,25). The molecule has 128 valence electrons. The van der Waals surface area contributed by atoms with Gasteiger partial charge in [-0.1, -0.05) is 0 Å². The molecule has 0 radical (unpaired) electrons. The number of aliphatic carboxylic acids is 1. The second kappa shape index (κ2) is 4.65. The molecule has 25 heavy (non-hydrogen) atoms. The first kappa shape index (κ1) is 14.6. The van der Waals surface area contributed by atoms with Crippen molar-refractivity contribution in [1.82, 2.24) is 24.4 Å². The molecule has 1 N–H and O–H groups in total. The minimum absolute atomic E-state index is 0.371. The molecular weight excluding hydrogens is 325 g/mol. The molecule has 1 saturated carbocycles.